The van der Waals surface area contributed by atoms with E-state index >= 15 is 0 Å². The Hall–Kier alpha value is -6.38. The summed E-state index contributed by atoms with van der Waals surface area (Å²) >= 11 is 0. The van der Waals surface area contributed by atoms with Gasteiger partial charge in [0.2, 0.25) is 0 Å². The first-order valence-electron chi connectivity index (χ1n) is 16.3. The van der Waals surface area contributed by atoms with E-state index in [0.29, 0.717) is 0 Å². The Bertz CT molecular complexity index is 2540. The predicted molar refractivity (Wildman–Crippen MR) is 202 cm³/mol. The van der Waals surface area contributed by atoms with Crippen LogP contribution in [0.25, 0.3) is 66.1 Å². The fraction of sp³-hybridized carbons (Fsp3) is 0. The SMILES string of the molecule is c1ccc(-c2ccc(-c3ccc(N(c4cccc(-c5cccc6ccccc56)c4)c4cccc5oc6ccccc6c45)cc3)cc2)cc1. The van der Waals surface area contributed by atoms with Gasteiger partial charge in [-0.05, 0) is 86.6 Å². The summed E-state index contributed by atoms with van der Waals surface area (Å²) in [5.74, 6) is 0. The van der Waals surface area contributed by atoms with E-state index in [1.165, 1.54) is 44.2 Å². The molecule has 226 valence electrons. The van der Waals surface area contributed by atoms with Crippen LogP contribution in [-0.4, -0.2) is 0 Å². The number of nitrogens with zero attached hydrogens (tertiary/aromatic N) is 1. The molecule has 8 aromatic carbocycles. The lowest BCUT2D eigenvalue weighted by atomic mass is 9.97. The van der Waals surface area contributed by atoms with Crippen molar-refractivity contribution in [2.45, 2.75) is 0 Å². The van der Waals surface area contributed by atoms with Crippen LogP contribution < -0.4 is 4.90 Å². The quantitative estimate of drug-likeness (QED) is 0.185. The van der Waals surface area contributed by atoms with E-state index in [9.17, 15) is 0 Å². The molecule has 0 unspecified atom stereocenters. The summed E-state index contributed by atoms with van der Waals surface area (Å²) in [5.41, 5.74) is 12.2. The Morgan fingerprint density at radius 1 is 0.354 bits per heavy atom. The van der Waals surface area contributed by atoms with Crippen LogP contribution >= 0.6 is 0 Å². The van der Waals surface area contributed by atoms with Gasteiger partial charge < -0.3 is 9.32 Å². The zero-order valence-electron chi connectivity index (χ0n) is 26.3. The molecular weight excluding hydrogens is 583 g/mol. The minimum absolute atomic E-state index is 0.874. The highest BCUT2D eigenvalue weighted by Crippen LogP contribution is 2.44. The molecule has 0 bridgehead atoms. The van der Waals surface area contributed by atoms with Crippen molar-refractivity contribution in [2.24, 2.45) is 0 Å². The zero-order valence-corrected chi connectivity index (χ0v) is 26.3. The van der Waals surface area contributed by atoms with Crippen molar-refractivity contribution >= 4 is 49.8 Å². The highest BCUT2D eigenvalue weighted by atomic mass is 16.3. The second-order valence-electron chi connectivity index (χ2n) is 12.2. The number of rotatable bonds is 6. The lowest BCUT2D eigenvalue weighted by molar-refractivity contribution is 0.669. The molecule has 0 spiro atoms. The predicted octanol–water partition coefficient (Wildman–Crippen LogP) is 13.2. The maximum atomic E-state index is 6.35. The molecule has 0 N–H and O–H groups in total. The number of para-hydroxylation sites is 1. The summed E-state index contributed by atoms with van der Waals surface area (Å²) in [6.45, 7) is 0. The summed E-state index contributed by atoms with van der Waals surface area (Å²) in [6.07, 6.45) is 0. The zero-order chi connectivity index (χ0) is 31.9. The molecule has 0 radical (unpaired) electrons. The lowest BCUT2D eigenvalue weighted by Crippen LogP contribution is -2.10. The Kier molecular flexibility index (Phi) is 6.84. The van der Waals surface area contributed by atoms with Gasteiger partial charge in [0.05, 0.1) is 11.1 Å². The van der Waals surface area contributed by atoms with Crippen molar-refractivity contribution in [3.8, 4) is 33.4 Å². The number of hydrogen-bond donors (Lipinski definition) is 0. The highest BCUT2D eigenvalue weighted by molar-refractivity contribution is 6.13. The van der Waals surface area contributed by atoms with Crippen LogP contribution in [0.2, 0.25) is 0 Å². The molecule has 0 aliphatic carbocycles. The van der Waals surface area contributed by atoms with Crippen LogP contribution in [0.4, 0.5) is 17.1 Å². The van der Waals surface area contributed by atoms with Crippen LogP contribution in [0.3, 0.4) is 0 Å². The van der Waals surface area contributed by atoms with Gasteiger partial charge >= 0.3 is 0 Å². The third kappa shape index (κ3) is 4.92. The van der Waals surface area contributed by atoms with Gasteiger partial charge in [0.25, 0.3) is 0 Å². The first-order valence-corrected chi connectivity index (χ1v) is 16.3. The molecule has 0 aliphatic rings. The monoisotopic (exact) mass is 613 g/mol. The summed E-state index contributed by atoms with van der Waals surface area (Å²) in [5, 5.41) is 4.69. The van der Waals surface area contributed by atoms with Crippen LogP contribution in [0, 0.1) is 0 Å². The summed E-state index contributed by atoms with van der Waals surface area (Å²) in [4.78, 5) is 2.36. The number of fused-ring (bicyclic) bond motifs is 4. The Morgan fingerprint density at radius 2 is 0.917 bits per heavy atom. The van der Waals surface area contributed by atoms with Crippen LogP contribution in [0.5, 0.6) is 0 Å². The molecule has 1 aromatic heterocycles. The number of anilines is 3. The standard InChI is InChI=1S/C46H31NO/c1-2-11-32(12-3-1)33-23-25-34(26-24-33)35-27-29-38(30-28-35)47(43-20-10-22-45-46(43)42-18-6-7-21-44(42)48-45)39-16-8-15-37(31-39)41-19-9-14-36-13-4-5-17-40(36)41/h1-31H. The number of hydrogen-bond acceptors (Lipinski definition) is 2. The van der Waals surface area contributed by atoms with Gasteiger partial charge in [-0.25, -0.2) is 0 Å². The molecule has 9 aromatic rings. The van der Waals surface area contributed by atoms with E-state index in [2.05, 4.69) is 181 Å². The van der Waals surface area contributed by atoms with Crippen LogP contribution in [0.1, 0.15) is 0 Å². The van der Waals surface area contributed by atoms with Crippen molar-refractivity contribution in [3.63, 3.8) is 0 Å². The molecule has 9 rings (SSSR count). The largest absolute Gasteiger partial charge is 0.456 e. The number of furan rings is 1. The minimum atomic E-state index is 0.874. The molecular formula is C46H31NO. The molecule has 0 saturated carbocycles. The molecule has 48 heavy (non-hydrogen) atoms. The molecule has 0 amide bonds. The Morgan fingerprint density at radius 3 is 1.71 bits per heavy atom. The summed E-state index contributed by atoms with van der Waals surface area (Å²) < 4.78 is 6.35. The molecule has 2 nitrogen and oxygen atoms in total. The second kappa shape index (κ2) is 11.8. The van der Waals surface area contributed by atoms with E-state index in [1.54, 1.807) is 0 Å². The normalized spacial score (nSPS) is 11.3. The van der Waals surface area contributed by atoms with Crippen LogP contribution in [0.15, 0.2) is 192 Å². The van der Waals surface area contributed by atoms with Gasteiger partial charge in [-0.3, -0.25) is 0 Å². The lowest BCUT2D eigenvalue weighted by Gasteiger charge is -2.27. The average Bonchev–Trinajstić information content (AvgIpc) is 3.55. The van der Waals surface area contributed by atoms with Crippen molar-refractivity contribution in [1.29, 1.82) is 0 Å². The minimum Gasteiger partial charge on any atom is -0.456 e. The van der Waals surface area contributed by atoms with E-state index in [4.69, 9.17) is 4.42 Å². The topological polar surface area (TPSA) is 16.4 Å². The molecule has 0 aliphatic heterocycles. The van der Waals surface area contributed by atoms with Gasteiger partial charge in [0, 0.05) is 16.8 Å². The molecule has 0 saturated heterocycles. The van der Waals surface area contributed by atoms with Gasteiger partial charge in [-0.15, -0.1) is 0 Å². The molecule has 1 heterocycles. The van der Waals surface area contributed by atoms with E-state index in [1.807, 2.05) is 12.1 Å². The fourth-order valence-electron chi connectivity index (χ4n) is 6.95. The fourth-order valence-corrected chi connectivity index (χ4v) is 6.95. The maximum absolute atomic E-state index is 6.35. The molecule has 2 heteroatoms. The van der Waals surface area contributed by atoms with Crippen molar-refractivity contribution in [2.75, 3.05) is 4.90 Å². The second-order valence-corrected chi connectivity index (χ2v) is 12.2. The van der Waals surface area contributed by atoms with E-state index in [-0.39, 0.29) is 0 Å². The first-order chi connectivity index (χ1) is 23.8. The van der Waals surface area contributed by atoms with Gasteiger partial charge in [0.1, 0.15) is 11.2 Å². The summed E-state index contributed by atoms with van der Waals surface area (Å²) in [6, 6.07) is 66.9. The average molecular weight is 614 g/mol. The van der Waals surface area contributed by atoms with Crippen molar-refractivity contribution in [3.05, 3.63) is 188 Å². The van der Waals surface area contributed by atoms with E-state index < -0.39 is 0 Å². The highest BCUT2D eigenvalue weighted by Gasteiger charge is 2.20. The molecule has 0 atom stereocenters. The third-order valence-corrected chi connectivity index (χ3v) is 9.28. The molecule has 0 fully saturated rings. The first kappa shape index (κ1) is 27.9. The van der Waals surface area contributed by atoms with E-state index in [0.717, 1.165) is 39.0 Å². The number of benzene rings is 8. The third-order valence-electron chi connectivity index (χ3n) is 9.28. The Balaban J connectivity index is 1.18. The van der Waals surface area contributed by atoms with Gasteiger partial charge in [0.15, 0.2) is 0 Å². The summed E-state index contributed by atoms with van der Waals surface area (Å²) in [7, 11) is 0. The smallest absolute Gasteiger partial charge is 0.137 e. The van der Waals surface area contributed by atoms with Crippen molar-refractivity contribution in [1.82, 2.24) is 0 Å². The Labute approximate surface area is 279 Å². The van der Waals surface area contributed by atoms with Crippen LogP contribution in [-0.2, 0) is 0 Å². The van der Waals surface area contributed by atoms with Gasteiger partial charge in [-0.2, -0.15) is 0 Å². The van der Waals surface area contributed by atoms with Gasteiger partial charge in [-0.1, -0.05) is 146 Å². The van der Waals surface area contributed by atoms with Crippen molar-refractivity contribution < 1.29 is 4.42 Å². The maximum Gasteiger partial charge on any atom is 0.137 e.